The van der Waals surface area contributed by atoms with Crippen molar-refractivity contribution in [3.8, 4) is 0 Å². The van der Waals surface area contributed by atoms with Gasteiger partial charge in [-0.2, -0.15) is 0 Å². The minimum Gasteiger partial charge on any atom is -0.358 e. The molecular formula is C18H17N. The number of para-hydroxylation sites is 1. The van der Waals surface area contributed by atoms with Crippen molar-refractivity contribution in [3.63, 3.8) is 0 Å². The number of rotatable bonds is 1. The summed E-state index contributed by atoms with van der Waals surface area (Å²) in [4.78, 5) is 3.62. The molecule has 0 spiro atoms. The number of hydrogen-bond donors (Lipinski definition) is 1. The molecule has 0 aliphatic heterocycles. The molecule has 19 heavy (non-hydrogen) atoms. The number of H-pyrrole nitrogens is 1. The standard InChI is InChI=1S/C18H17N/c1-2-7-13(8-3-1)14-10-6-12-17-18(14)15-9-4-5-11-16(15)19-17/h1-5,7-9,11,14,19H,6,10,12H2/t14-/m0/s1. The van der Waals surface area contributed by atoms with Crippen LogP contribution in [0.3, 0.4) is 0 Å². The van der Waals surface area contributed by atoms with E-state index in [1.54, 1.807) is 0 Å². The Morgan fingerprint density at radius 3 is 2.58 bits per heavy atom. The highest BCUT2D eigenvalue weighted by molar-refractivity contribution is 5.86. The highest BCUT2D eigenvalue weighted by atomic mass is 14.7. The van der Waals surface area contributed by atoms with Gasteiger partial charge in [0, 0.05) is 22.5 Å². The number of aromatic amines is 1. The molecule has 1 aliphatic carbocycles. The number of benzene rings is 2. The Morgan fingerprint density at radius 1 is 0.895 bits per heavy atom. The Labute approximate surface area is 113 Å². The van der Waals surface area contributed by atoms with E-state index >= 15 is 0 Å². The van der Waals surface area contributed by atoms with Gasteiger partial charge in [0.25, 0.3) is 0 Å². The molecule has 0 saturated heterocycles. The summed E-state index contributed by atoms with van der Waals surface area (Å²) in [6.07, 6.45) is 3.73. The van der Waals surface area contributed by atoms with Crippen molar-refractivity contribution in [3.05, 3.63) is 71.4 Å². The number of hydrogen-bond acceptors (Lipinski definition) is 0. The van der Waals surface area contributed by atoms with Crippen LogP contribution in [0.25, 0.3) is 10.9 Å². The van der Waals surface area contributed by atoms with Gasteiger partial charge in [-0.05, 0) is 36.5 Å². The zero-order valence-corrected chi connectivity index (χ0v) is 10.9. The molecule has 0 unspecified atom stereocenters. The zero-order valence-electron chi connectivity index (χ0n) is 10.9. The van der Waals surface area contributed by atoms with E-state index in [0.29, 0.717) is 5.92 Å². The third kappa shape index (κ3) is 1.69. The normalized spacial score (nSPS) is 18.4. The van der Waals surface area contributed by atoms with Crippen LogP contribution in [0.2, 0.25) is 0 Å². The van der Waals surface area contributed by atoms with E-state index in [4.69, 9.17) is 0 Å². The third-order valence-electron chi connectivity index (χ3n) is 4.30. The number of aryl methyl sites for hydroxylation is 1. The summed E-state index contributed by atoms with van der Waals surface area (Å²) in [6.45, 7) is 0. The van der Waals surface area contributed by atoms with Gasteiger partial charge in [-0.25, -0.2) is 0 Å². The average Bonchev–Trinajstić information content (AvgIpc) is 2.86. The second kappa shape index (κ2) is 4.27. The molecule has 2 aromatic carbocycles. The smallest absolute Gasteiger partial charge is 0.0459 e. The number of nitrogens with one attached hydrogen (secondary N) is 1. The van der Waals surface area contributed by atoms with Crippen LogP contribution in [0, 0.1) is 0 Å². The van der Waals surface area contributed by atoms with Gasteiger partial charge in [-0.15, -0.1) is 0 Å². The maximum absolute atomic E-state index is 3.62. The van der Waals surface area contributed by atoms with Gasteiger partial charge in [0.1, 0.15) is 0 Å². The van der Waals surface area contributed by atoms with Crippen LogP contribution in [0.4, 0.5) is 0 Å². The fraction of sp³-hybridized carbons (Fsp3) is 0.222. The van der Waals surface area contributed by atoms with Gasteiger partial charge in [0.2, 0.25) is 0 Å². The summed E-state index contributed by atoms with van der Waals surface area (Å²) < 4.78 is 0. The molecule has 4 rings (SSSR count). The molecule has 0 fully saturated rings. The monoisotopic (exact) mass is 247 g/mol. The molecule has 1 heteroatoms. The molecule has 1 aliphatic rings. The maximum atomic E-state index is 3.62. The van der Waals surface area contributed by atoms with Crippen LogP contribution in [0.15, 0.2) is 54.6 Å². The van der Waals surface area contributed by atoms with Crippen LogP contribution < -0.4 is 0 Å². The Hall–Kier alpha value is -2.02. The van der Waals surface area contributed by atoms with E-state index in [2.05, 4.69) is 59.6 Å². The molecule has 0 amide bonds. The van der Waals surface area contributed by atoms with Gasteiger partial charge in [-0.1, -0.05) is 48.5 Å². The van der Waals surface area contributed by atoms with E-state index in [0.717, 1.165) is 0 Å². The summed E-state index contributed by atoms with van der Waals surface area (Å²) in [5.74, 6) is 0.557. The maximum Gasteiger partial charge on any atom is 0.0459 e. The Balaban J connectivity index is 1.95. The molecule has 0 radical (unpaired) electrons. The minimum atomic E-state index is 0.557. The first kappa shape index (κ1) is 10.9. The van der Waals surface area contributed by atoms with Crippen molar-refractivity contribution in [2.24, 2.45) is 0 Å². The molecule has 94 valence electrons. The van der Waals surface area contributed by atoms with Gasteiger partial charge < -0.3 is 4.98 Å². The second-order valence-corrected chi connectivity index (χ2v) is 5.42. The number of fused-ring (bicyclic) bond motifs is 3. The molecule has 1 atom stereocenters. The fourth-order valence-corrected chi connectivity index (χ4v) is 3.46. The first-order valence-electron chi connectivity index (χ1n) is 7.08. The quantitative estimate of drug-likeness (QED) is 0.645. The van der Waals surface area contributed by atoms with Crippen molar-refractivity contribution in [2.75, 3.05) is 0 Å². The Bertz CT molecular complexity index is 709. The zero-order chi connectivity index (χ0) is 12.7. The minimum absolute atomic E-state index is 0.557. The lowest BCUT2D eigenvalue weighted by molar-refractivity contribution is 0.613. The van der Waals surface area contributed by atoms with Crippen LogP contribution in [-0.4, -0.2) is 4.98 Å². The first-order chi connectivity index (χ1) is 9.43. The Kier molecular flexibility index (Phi) is 2.44. The van der Waals surface area contributed by atoms with E-state index < -0.39 is 0 Å². The predicted molar refractivity (Wildman–Crippen MR) is 79.5 cm³/mol. The van der Waals surface area contributed by atoms with Crippen LogP contribution in [0.1, 0.15) is 35.6 Å². The Morgan fingerprint density at radius 2 is 1.68 bits per heavy atom. The van der Waals surface area contributed by atoms with E-state index in [-0.39, 0.29) is 0 Å². The summed E-state index contributed by atoms with van der Waals surface area (Å²) in [5.41, 5.74) is 5.72. The summed E-state index contributed by atoms with van der Waals surface area (Å²) in [7, 11) is 0. The topological polar surface area (TPSA) is 15.8 Å². The van der Waals surface area contributed by atoms with Gasteiger partial charge in [0.15, 0.2) is 0 Å². The second-order valence-electron chi connectivity index (χ2n) is 5.42. The molecule has 1 aromatic heterocycles. The van der Waals surface area contributed by atoms with Crippen LogP contribution >= 0.6 is 0 Å². The fourth-order valence-electron chi connectivity index (χ4n) is 3.46. The van der Waals surface area contributed by atoms with Crippen molar-refractivity contribution >= 4 is 10.9 Å². The van der Waals surface area contributed by atoms with Gasteiger partial charge in [0.05, 0.1) is 0 Å². The number of aromatic nitrogens is 1. The molecule has 0 bridgehead atoms. The van der Waals surface area contributed by atoms with E-state index in [1.165, 1.54) is 47.0 Å². The molecule has 1 N–H and O–H groups in total. The predicted octanol–water partition coefficient (Wildman–Crippen LogP) is 4.64. The highest BCUT2D eigenvalue weighted by Gasteiger charge is 2.25. The van der Waals surface area contributed by atoms with Gasteiger partial charge >= 0.3 is 0 Å². The summed E-state index contributed by atoms with van der Waals surface area (Å²) >= 11 is 0. The van der Waals surface area contributed by atoms with Crippen molar-refractivity contribution in [2.45, 2.75) is 25.2 Å². The molecule has 1 heterocycles. The third-order valence-corrected chi connectivity index (χ3v) is 4.30. The van der Waals surface area contributed by atoms with E-state index in [1.807, 2.05) is 0 Å². The first-order valence-corrected chi connectivity index (χ1v) is 7.08. The summed E-state index contributed by atoms with van der Waals surface area (Å²) in [6, 6.07) is 19.6. The van der Waals surface area contributed by atoms with E-state index in [9.17, 15) is 0 Å². The lowest BCUT2D eigenvalue weighted by Crippen LogP contribution is -2.09. The molecule has 1 nitrogen and oxygen atoms in total. The van der Waals surface area contributed by atoms with Gasteiger partial charge in [-0.3, -0.25) is 0 Å². The highest BCUT2D eigenvalue weighted by Crippen LogP contribution is 2.40. The van der Waals surface area contributed by atoms with Crippen molar-refractivity contribution in [1.29, 1.82) is 0 Å². The molecule has 3 aromatic rings. The van der Waals surface area contributed by atoms with Crippen molar-refractivity contribution < 1.29 is 0 Å². The molecule has 0 saturated carbocycles. The largest absolute Gasteiger partial charge is 0.358 e. The summed E-state index contributed by atoms with van der Waals surface area (Å²) in [5, 5.41) is 1.41. The van der Waals surface area contributed by atoms with Crippen LogP contribution in [0.5, 0.6) is 0 Å². The van der Waals surface area contributed by atoms with Crippen molar-refractivity contribution in [1.82, 2.24) is 4.98 Å². The lowest BCUT2D eigenvalue weighted by atomic mass is 9.81. The molecular weight excluding hydrogens is 230 g/mol. The van der Waals surface area contributed by atoms with Crippen LogP contribution in [-0.2, 0) is 6.42 Å². The SMILES string of the molecule is c1ccc([C@@H]2CCCc3[nH]c4ccccc4c32)cc1. The lowest BCUT2D eigenvalue weighted by Gasteiger charge is -2.23. The average molecular weight is 247 g/mol.